The Hall–Kier alpha value is -2.60. The number of phenols is 1. The summed E-state index contributed by atoms with van der Waals surface area (Å²) in [7, 11) is 0. The Morgan fingerprint density at radius 2 is 1.96 bits per heavy atom. The van der Waals surface area contributed by atoms with Gasteiger partial charge in [-0.25, -0.2) is 9.59 Å². The number of aryl methyl sites for hydroxylation is 1. The van der Waals surface area contributed by atoms with Gasteiger partial charge in [-0.15, -0.1) is 0 Å². The summed E-state index contributed by atoms with van der Waals surface area (Å²) in [5.74, 6) is -0.542. The molecule has 0 aliphatic rings. The summed E-state index contributed by atoms with van der Waals surface area (Å²) in [6, 6.07) is 9.64. The van der Waals surface area contributed by atoms with Crippen molar-refractivity contribution >= 4 is 32.9 Å². The Balaban J connectivity index is 1.96. The summed E-state index contributed by atoms with van der Waals surface area (Å²) in [6.45, 7) is 6.04. The lowest BCUT2D eigenvalue weighted by Gasteiger charge is -2.13. The zero-order valence-electron chi connectivity index (χ0n) is 15.2. The Labute approximate surface area is 164 Å². The van der Waals surface area contributed by atoms with Crippen LogP contribution in [0.2, 0.25) is 0 Å². The molecule has 140 valence electrons. The number of esters is 1. The summed E-state index contributed by atoms with van der Waals surface area (Å²) < 4.78 is 11.3. The Kier molecular flexibility index (Phi) is 5.37. The maximum absolute atomic E-state index is 12.3. The van der Waals surface area contributed by atoms with E-state index < -0.39 is 11.6 Å². The van der Waals surface area contributed by atoms with Crippen LogP contribution in [0.3, 0.4) is 0 Å². The van der Waals surface area contributed by atoms with Crippen molar-refractivity contribution in [2.45, 2.75) is 33.3 Å². The molecular formula is C21H19BrO5. The van der Waals surface area contributed by atoms with E-state index in [2.05, 4.69) is 29.8 Å². The highest BCUT2D eigenvalue weighted by molar-refractivity contribution is 9.10. The average Bonchev–Trinajstić information content (AvgIpc) is 2.60. The Morgan fingerprint density at radius 3 is 2.67 bits per heavy atom. The second kappa shape index (κ2) is 7.56. The standard InChI is InChI=1S/C21H19BrO5/c1-11(2)15-9-16-13(7-20(24)27-19(16)6-12(15)3)10-26-21(25)17-8-14(22)4-5-18(17)23/h4-9,11,23H,10H2,1-3H3. The number of carbonyl (C=O) groups is 1. The van der Waals surface area contributed by atoms with Crippen molar-refractivity contribution in [3.05, 3.63) is 73.5 Å². The molecule has 0 bridgehead atoms. The van der Waals surface area contributed by atoms with Gasteiger partial charge >= 0.3 is 11.6 Å². The van der Waals surface area contributed by atoms with Crippen LogP contribution in [0.1, 0.15) is 46.8 Å². The van der Waals surface area contributed by atoms with Crippen molar-refractivity contribution in [2.75, 3.05) is 0 Å². The van der Waals surface area contributed by atoms with E-state index in [0.29, 0.717) is 21.5 Å². The largest absolute Gasteiger partial charge is 0.507 e. The Morgan fingerprint density at radius 1 is 1.22 bits per heavy atom. The monoisotopic (exact) mass is 430 g/mol. The highest BCUT2D eigenvalue weighted by Crippen LogP contribution is 2.28. The molecule has 0 spiro atoms. The number of halogens is 1. The quantitative estimate of drug-likeness (QED) is 0.462. The number of ether oxygens (including phenoxy) is 1. The van der Waals surface area contributed by atoms with Gasteiger partial charge in [0.25, 0.3) is 0 Å². The van der Waals surface area contributed by atoms with E-state index in [4.69, 9.17) is 9.15 Å². The number of benzene rings is 2. The highest BCUT2D eigenvalue weighted by atomic mass is 79.9. The van der Waals surface area contributed by atoms with Crippen LogP contribution in [0.4, 0.5) is 0 Å². The number of hydrogen-bond acceptors (Lipinski definition) is 5. The molecule has 0 radical (unpaired) electrons. The zero-order valence-corrected chi connectivity index (χ0v) is 16.8. The smallest absolute Gasteiger partial charge is 0.342 e. The van der Waals surface area contributed by atoms with E-state index in [1.165, 1.54) is 18.2 Å². The first-order chi connectivity index (χ1) is 12.8. The lowest BCUT2D eigenvalue weighted by atomic mass is 9.95. The van der Waals surface area contributed by atoms with Crippen molar-refractivity contribution in [2.24, 2.45) is 0 Å². The molecule has 0 aliphatic heterocycles. The topological polar surface area (TPSA) is 76.7 Å². The van der Waals surface area contributed by atoms with Crippen molar-refractivity contribution in [3.8, 4) is 5.75 Å². The number of phenolic OH excluding ortho intramolecular Hbond substituents is 1. The molecule has 0 saturated heterocycles. The second-order valence-electron chi connectivity index (χ2n) is 6.69. The van der Waals surface area contributed by atoms with Gasteiger partial charge < -0.3 is 14.3 Å². The van der Waals surface area contributed by atoms with Crippen molar-refractivity contribution < 1.29 is 19.1 Å². The first-order valence-electron chi connectivity index (χ1n) is 8.49. The molecule has 0 fully saturated rings. The molecule has 3 rings (SSSR count). The molecule has 3 aromatic rings. The SMILES string of the molecule is Cc1cc2oc(=O)cc(COC(=O)c3cc(Br)ccc3O)c2cc1C(C)C. The van der Waals surface area contributed by atoms with E-state index in [0.717, 1.165) is 16.5 Å². The fourth-order valence-electron chi connectivity index (χ4n) is 3.03. The maximum atomic E-state index is 12.3. The molecule has 1 aromatic heterocycles. The van der Waals surface area contributed by atoms with Crippen LogP contribution in [0.5, 0.6) is 5.75 Å². The van der Waals surface area contributed by atoms with Crippen LogP contribution in [-0.4, -0.2) is 11.1 Å². The van der Waals surface area contributed by atoms with Gasteiger partial charge in [0.1, 0.15) is 23.5 Å². The molecule has 0 atom stereocenters. The van der Waals surface area contributed by atoms with E-state index >= 15 is 0 Å². The predicted molar refractivity (Wildman–Crippen MR) is 106 cm³/mol. The lowest BCUT2D eigenvalue weighted by molar-refractivity contribution is 0.0470. The van der Waals surface area contributed by atoms with Crippen LogP contribution >= 0.6 is 15.9 Å². The van der Waals surface area contributed by atoms with Crippen molar-refractivity contribution in [3.63, 3.8) is 0 Å². The first kappa shape index (κ1) is 19.2. The van der Waals surface area contributed by atoms with Gasteiger partial charge in [0, 0.05) is 21.5 Å². The fraction of sp³-hybridized carbons (Fsp3) is 0.238. The number of aromatic hydroxyl groups is 1. The minimum absolute atomic E-state index is 0.0513. The molecule has 0 aliphatic carbocycles. The van der Waals surface area contributed by atoms with Gasteiger partial charge in [-0.1, -0.05) is 29.8 Å². The number of fused-ring (bicyclic) bond motifs is 1. The molecule has 2 aromatic carbocycles. The third-order valence-corrected chi connectivity index (χ3v) is 4.87. The zero-order chi connectivity index (χ0) is 19.7. The van der Waals surface area contributed by atoms with Gasteiger partial charge in [-0.05, 0) is 54.3 Å². The van der Waals surface area contributed by atoms with Crippen LogP contribution in [0.25, 0.3) is 11.0 Å². The third-order valence-electron chi connectivity index (χ3n) is 4.38. The minimum atomic E-state index is -0.675. The van der Waals surface area contributed by atoms with E-state index in [9.17, 15) is 14.7 Å². The van der Waals surface area contributed by atoms with Crippen LogP contribution < -0.4 is 5.63 Å². The first-order valence-corrected chi connectivity index (χ1v) is 9.28. The van der Waals surface area contributed by atoms with Gasteiger partial charge in [-0.2, -0.15) is 0 Å². The summed E-state index contributed by atoms with van der Waals surface area (Å²) in [5.41, 5.74) is 2.74. The van der Waals surface area contributed by atoms with Gasteiger partial charge in [-0.3, -0.25) is 0 Å². The molecule has 0 amide bonds. The third kappa shape index (κ3) is 4.06. The van der Waals surface area contributed by atoms with E-state index in [1.54, 1.807) is 6.07 Å². The summed E-state index contributed by atoms with van der Waals surface area (Å²) in [4.78, 5) is 24.2. The minimum Gasteiger partial charge on any atom is -0.507 e. The number of rotatable bonds is 4. The van der Waals surface area contributed by atoms with E-state index in [1.807, 2.05) is 19.1 Å². The van der Waals surface area contributed by atoms with Crippen LogP contribution in [0.15, 0.2) is 50.1 Å². The highest BCUT2D eigenvalue weighted by Gasteiger charge is 2.16. The number of carbonyl (C=O) groups excluding carboxylic acids is 1. The van der Waals surface area contributed by atoms with Crippen molar-refractivity contribution in [1.29, 1.82) is 0 Å². The molecule has 1 N–H and O–H groups in total. The normalized spacial score (nSPS) is 11.1. The second-order valence-corrected chi connectivity index (χ2v) is 7.60. The molecule has 0 unspecified atom stereocenters. The van der Waals surface area contributed by atoms with Crippen LogP contribution in [-0.2, 0) is 11.3 Å². The van der Waals surface area contributed by atoms with Crippen molar-refractivity contribution in [1.82, 2.24) is 0 Å². The maximum Gasteiger partial charge on any atom is 0.342 e. The molecule has 6 heteroatoms. The average molecular weight is 431 g/mol. The lowest BCUT2D eigenvalue weighted by Crippen LogP contribution is -2.08. The summed E-state index contributed by atoms with van der Waals surface area (Å²) >= 11 is 3.26. The molecule has 0 saturated carbocycles. The van der Waals surface area contributed by atoms with Gasteiger partial charge in [0.2, 0.25) is 0 Å². The molecule has 27 heavy (non-hydrogen) atoms. The van der Waals surface area contributed by atoms with Gasteiger partial charge in [0.05, 0.1) is 0 Å². The fourth-order valence-corrected chi connectivity index (χ4v) is 3.39. The predicted octanol–water partition coefficient (Wildman–Crippen LogP) is 5.05. The number of hydrogen-bond donors (Lipinski definition) is 1. The summed E-state index contributed by atoms with van der Waals surface area (Å²) in [5, 5.41) is 10.6. The summed E-state index contributed by atoms with van der Waals surface area (Å²) in [6.07, 6.45) is 0. The molecule has 5 nitrogen and oxygen atoms in total. The van der Waals surface area contributed by atoms with Crippen LogP contribution in [0, 0.1) is 6.92 Å². The molecule has 1 heterocycles. The molecular weight excluding hydrogens is 412 g/mol. The van der Waals surface area contributed by atoms with Gasteiger partial charge in [0.15, 0.2) is 0 Å². The Bertz CT molecular complexity index is 1080. The van der Waals surface area contributed by atoms with E-state index in [-0.39, 0.29) is 17.9 Å².